The number of benzene rings is 2. The van der Waals surface area contributed by atoms with E-state index in [0.29, 0.717) is 11.3 Å². The first-order valence-corrected chi connectivity index (χ1v) is 11.1. The van der Waals surface area contributed by atoms with E-state index in [9.17, 15) is 9.59 Å². The molecule has 0 unspecified atom stereocenters. The second-order valence-corrected chi connectivity index (χ2v) is 8.47. The smallest absolute Gasteiger partial charge is 0.256 e. The number of fused-ring (bicyclic) bond motifs is 1. The molecule has 2 aromatic carbocycles. The minimum Gasteiger partial charge on any atom is -0.325 e. The highest BCUT2D eigenvalue weighted by molar-refractivity contribution is 8.00. The standard InChI is InChI=1S/C24H23N5O2S/c1-15-8-10-17(11-9-15)26-22(30)14-32-21-7-5-4-6-19(21)24(31)27-18-12-20-16(2)28-29(3)23(20)25-13-18/h4-13H,14H2,1-3H3,(H,26,30)(H,27,31). The Balaban J connectivity index is 1.44. The van der Waals surface area contributed by atoms with E-state index in [1.165, 1.54) is 11.8 Å². The molecule has 8 heteroatoms. The topological polar surface area (TPSA) is 88.9 Å². The predicted molar refractivity (Wildman–Crippen MR) is 128 cm³/mol. The van der Waals surface area contributed by atoms with Crippen LogP contribution in [0.4, 0.5) is 11.4 Å². The summed E-state index contributed by atoms with van der Waals surface area (Å²) in [7, 11) is 1.84. The number of carbonyl (C=O) groups is 2. The Labute approximate surface area is 190 Å². The molecule has 0 aliphatic rings. The summed E-state index contributed by atoms with van der Waals surface area (Å²) in [6.45, 7) is 3.90. The van der Waals surface area contributed by atoms with Gasteiger partial charge in [0.2, 0.25) is 5.91 Å². The summed E-state index contributed by atoms with van der Waals surface area (Å²) < 4.78 is 1.71. The van der Waals surface area contributed by atoms with Gasteiger partial charge in [0, 0.05) is 23.0 Å². The van der Waals surface area contributed by atoms with Gasteiger partial charge in [0.25, 0.3) is 5.91 Å². The number of rotatable bonds is 6. The summed E-state index contributed by atoms with van der Waals surface area (Å²) in [6, 6.07) is 16.7. The van der Waals surface area contributed by atoms with Gasteiger partial charge in [-0.3, -0.25) is 14.3 Å². The Morgan fingerprint density at radius 2 is 1.75 bits per heavy atom. The fourth-order valence-corrected chi connectivity index (χ4v) is 4.18. The normalized spacial score (nSPS) is 10.8. The van der Waals surface area contributed by atoms with E-state index in [0.717, 1.165) is 32.9 Å². The first-order valence-electron chi connectivity index (χ1n) is 10.1. The minimum absolute atomic E-state index is 0.129. The third-order valence-corrected chi connectivity index (χ3v) is 6.02. The molecule has 0 bridgehead atoms. The molecule has 0 aliphatic heterocycles. The lowest BCUT2D eigenvalue weighted by Crippen LogP contribution is -2.16. The number of pyridine rings is 1. The number of carbonyl (C=O) groups excluding carboxylic acids is 2. The lowest BCUT2D eigenvalue weighted by atomic mass is 10.2. The van der Waals surface area contributed by atoms with Crippen LogP contribution in [0, 0.1) is 13.8 Å². The number of aryl methyl sites for hydroxylation is 3. The monoisotopic (exact) mass is 445 g/mol. The van der Waals surface area contributed by atoms with Crippen molar-refractivity contribution in [3.8, 4) is 0 Å². The number of nitrogens with one attached hydrogen (secondary N) is 2. The van der Waals surface area contributed by atoms with Crippen molar-refractivity contribution < 1.29 is 9.59 Å². The Hall–Kier alpha value is -3.65. The Kier molecular flexibility index (Phi) is 6.23. The van der Waals surface area contributed by atoms with E-state index in [1.807, 2.05) is 63.4 Å². The molecule has 32 heavy (non-hydrogen) atoms. The highest BCUT2D eigenvalue weighted by Crippen LogP contribution is 2.25. The van der Waals surface area contributed by atoms with E-state index in [-0.39, 0.29) is 17.6 Å². The van der Waals surface area contributed by atoms with Crippen LogP contribution in [0.25, 0.3) is 11.0 Å². The molecule has 0 atom stereocenters. The van der Waals surface area contributed by atoms with E-state index in [4.69, 9.17) is 0 Å². The number of hydrogen-bond acceptors (Lipinski definition) is 5. The summed E-state index contributed by atoms with van der Waals surface area (Å²) >= 11 is 1.32. The van der Waals surface area contributed by atoms with Gasteiger partial charge in [-0.05, 0) is 44.2 Å². The van der Waals surface area contributed by atoms with Crippen molar-refractivity contribution in [3.05, 3.63) is 77.6 Å². The number of hydrogen-bond donors (Lipinski definition) is 2. The van der Waals surface area contributed by atoms with Crippen LogP contribution in [-0.4, -0.2) is 32.3 Å². The Morgan fingerprint density at radius 3 is 2.53 bits per heavy atom. The molecule has 0 radical (unpaired) electrons. The quantitative estimate of drug-likeness (QED) is 0.425. The zero-order valence-electron chi connectivity index (χ0n) is 18.0. The van der Waals surface area contributed by atoms with Crippen molar-refractivity contribution in [1.82, 2.24) is 14.8 Å². The molecule has 2 N–H and O–H groups in total. The molecule has 0 aliphatic carbocycles. The summed E-state index contributed by atoms with van der Waals surface area (Å²) in [6.07, 6.45) is 1.62. The minimum atomic E-state index is -0.255. The number of amides is 2. The Morgan fingerprint density at radius 1 is 1.00 bits per heavy atom. The van der Waals surface area contributed by atoms with Crippen LogP contribution < -0.4 is 10.6 Å². The Bertz CT molecular complexity index is 1300. The van der Waals surface area contributed by atoms with Crippen molar-refractivity contribution in [1.29, 1.82) is 0 Å². The molecule has 0 saturated heterocycles. The first-order chi connectivity index (χ1) is 15.4. The maximum absolute atomic E-state index is 13.0. The van der Waals surface area contributed by atoms with Crippen LogP contribution in [0.15, 0.2) is 65.7 Å². The van der Waals surface area contributed by atoms with Crippen molar-refractivity contribution in [2.75, 3.05) is 16.4 Å². The van der Waals surface area contributed by atoms with Crippen LogP contribution in [-0.2, 0) is 11.8 Å². The second kappa shape index (κ2) is 9.23. The highest BCUT2D eigenvalue weighted by Gasteiger charge is 2.15. The van der Waals surface area contributed by atoms with Gasteiger partial charge in [-0.1, -0.05) is 29.8 Å². The van der Waals surface area contributed by atoms with Gasteiger partial charge in [-0.25, -0.2) is 4.98 Å². The molecular formula is C24H23N5O2S. The van der Waals surface area contributed by atoms with E-state index >= 15 is 0 Å². The number of aromatic nitrogens is 3. The first kappa shape index (κ1) is 21.6. The van der Waals surface area contributed by atoms with Crippen LogP contribution in [0.5, 0.6) is 0 Å². The summed E-state index contributed by atoms with van der Waals surface area (Å²) in [5.41, 5.74) is 4.59. The summed E-state index contributed by atoms with van der Waals surface area (Å²) in [5, 5.41) is 11.0. The lowest BCUT2D eigenvalue weighted by molar-refractivity contribution is -0.113. The molecular weight excluding hydrogens is 422 g/mol. The molecule has 0 saturated carbocycles. The maximum Gasteiger partial charge on any atom is 0.256 e. The average Bonchev–Trinajstić information content (AvgIpc) is 3.07. The molecule has 2 amide bonds. The predicted octanol–water partition coefficient (Wildman–Crippen LogP) is 4.57. The zero-order chi connectivity index (χ0) is 22.7. The molecule has 0 fully saturated rings. The molecule has 0 spiro atoms. The van der Waals surface area contributed by atoms with Crippen molar-refractivity contribution in [2.45, 2.75) is 18.7 Å². The van der Waals surface area contributed by atoms with Crippen molar-refractivity contribution in [2.24, 2.45) is 7.05 Å². The van der Waals surface area contributed by atoms with Crippen LogP contribution in [0.1, 0.15) is 21.6 Å². The van der Waals surface area contributed by atoms with Crippen molar-refractivity contribution in [3.63, 3.8) is 0 Å². The third-order valence-electron chi connectivity index (χ3n) is 4.95. The summed E-state index contributed by atoms with van der Waals surface area (Å²) in [5.74, 6) is -0.189. The average molecular weight is 446 g/mol. The van der Waals surface area contributed by atoms with Gasteiger partial charge in [-0.15, -0.1) is 11.8 Å². The van der Waals surface area contributed by atoms with Gasteiger partial charge < -0.3 is 10.6 Å². The molecule has 2 heterocycles. The third kappa shape index (κ3) is 4.81. The fraction of sp³-hybridized carbons (Fsp3) is 0.167. The van der Waals surface area contributed by atoms with Crippen LogP contribution in [0.3, 0.4) is 0 Å². The number of anilines is 2. The van der Waals surface area contributed by atoms with Gasteiger partial charge in [0.1, 0.15) is 0 Å². The van der Waals surface area contributed by atoms with E-state index in [2.05, 4.69) is 20.7 Å². The lowest BCUT2D eigenvalue weighted by Gasteiger charge is -2.10. The molecule has 162 valence electrons. The second-order valence-electron chi connectivity index (χ2n) is 7.46. The SMILES string of the molecule is Cc1ccc(NC(=O)CSc2ccccc2C(=O)Nc2cnc3c(c2)c(C)nn3C)cc1. The highest BCUT2D eigenvalue weighted by atomic mass is 32.2. The van der Waals surface area contributed by atoms with Crippen molar-refractivity contribution >= 4 is 46.0 Å². The summed E-state index contributed by atoms with van der Waals surface area (Å²) in [4.78, 5) is 30.4. The fourth-order valence-electron chi connectivity index (χ4n) is 3.33. The van der Waals surface area contributed by atoms with E-state index in [1.54, 1.807) is 23.0 Å². The molecule has 2 aromatic heterocycles. The maximum atomic E-state index is 13.0. The van der Waals surface area contributed by atoms with Gasteiger partial charge in [0.15, 0.2) is 5.65 Å². The van der Waals surface area contributed by atoms with Crippen LogP contribution in [0.2, 0.25) is 0 Å². The van der Waals surface area contributed by atoms with Gasteiger partial charge in [0.05, 0.1) is 28.9 Å². The van der Waals surface area contributed by atoms with Crippen LogP contribution >= 0.6 is 11.8 Å². The number of thioether (sulfide) groups is 1. The largest absolute Gasteiger partial charge is 0.325 e. The molecule has 4 rings (SSSR count). The molecule has 7 nitrogen and oxygen atoms in total. The van der Waals surface area contributed by atoms with E-state index < -0.39 is 0 Å². The number of nitrogens with zero attached hydrogens (tertiary/aromatic N) is 3. The molecule has 4 aromatic rings. The zero-order valence-corrected chi connectivity index (χ0v) is 18.9. The van der Waals surface area contributed by atoms with Gasteiger partial charge in [-0.2, -0.15) is 5.10 Å². The van der Waals surface area contributed by atoms with Gasteiger partial charge >= 0.3 is 0 Å².